The first-order chi connectivity index (χ1) is 14.6. The van der Waals surface area contributed by atoms with E-state index in [9.17, 15) is 9.59 Å². The van der Waals surface area contributed by atoms with Crippen LogP contribution in [0, 0.1) is 0 Å². The summed E-state index contributed by atoms with van der Waals surface area (Å²) in [4.78, 5) is 30.2. The predicted octanol–water partition coefficient (Wildman–Crippen LogP) is 3.75. The van der Waals surface area contributed by atoms with Crippen molar-refractivity contribution in [2.75, 3.05) is 25.6 Å². The van der Waals surface area contributed by atoms with Crippen LogP contribution >= 0.6 is 0 Å². The molecule has 7 heteroatoms. The number of amides is 2. The summed E-state index contributed by atoms with van der Waals surface area (Å²) in [5.74, 6) is 0.674. The van der Waals surface area contributed by atoms with Gasteiger partial charge < -0.3 is 24.7 Å². The molecule has 30 heavy (non-hydrogen) atoms. The quantitative estimate of drug-likeness (QED) is 0.652. The smallest absolute Gasteiger partial charge is 0.322 e. The van der Waals surface area contributed by atoms with Crippen molar-refractivity contribution < 1.29 is 14.3 Å². The number of para-hydroxylation sites is 1. The Morgan fingerprint density at radius 3 is 2.80 bits per heavy atom. The number of pyridine rings is 1. The highest BCUT2D eigenvalue weighted by Gasteiger charge is 2.24. The summed E-state index contributed by atoms with van der Waals surface area (Å²) in [6.45, 7) is 1.33. The third-order valence-corrected chi connectivity index (χ3v) is 5.25. The van der Waals surface area contributed by atoms with E-state index < -0.39 is 0 Å². The number of nitrogens with zero attached hydrogens (tertiary/aromatic N) is 1. The molecular weight excluding hydrogens is 382 g/mol. The number of ether oxygens (including phenoxy) is 2. The molecule has 0 aliphatic carbocycles. The van der Waals surface area contributed by atoms with Crippen LogP contribution in [0.25, 0.3) is 10.9 Å². The number of fused-ring (bicyclic) bond motifs is 1. The minimum absolute atomic E-state index is 0.0182. The van der Waals surface area contributed by atoms with E-state index in [0.29, 0.717) is 35.7 Å². The van der Waals surface area contributed by atoms with Gasteiger partial charge in [0, 0.05) is 30.5 Å². The largest absolute Gasteiger partial charge is 0.497 e. The first-order valence-electron chi connectivity index (χ1n) is 10.0. The predicted molar refractivity (Wildman–Crippen MR) is 116 cm³/mol. The molecule has 3 aromatic rings. The number of rotatable bonds is 6. The molecule has 0 saturated carbocycles. The molecule has 1 aromatic heterocycles. The molecule has 4 rings (SSSR count). The topological polar surface area (TPSA) is 83.7 Å². The maximum absolute atomic E-state index is 13.0. The van der Waals surface area contributed by atoms with E-state index in [0.717, 1.165) is 18.2 Å². The van der Waals surface area contributed by atoms with Crippen LogP contribution in [-0.4, -0.2) is 42.3 Å². The molecule has 2 amide bonds. The summed E-state index contributed by atoms with van der Waals surface area (Å²) in [6, 6.07) is 16.4. The molecule has 156 valence electrons. The van der Waals surface area contributed by atoms with E-state index in [1.165, 1.54) is 0 Å². The summed E-state index contributed by atoms with van der Waals surface area (Å²) < 4.78 is 10.9. The fraction of sp³-hybridized carbons (Fsp3) is 0.304. The number of aromatic amines is 1. The van der Waals surface area contributed by atoms with Gasteiger partial charge in [-0.15, -0.1) is 0 Å². The molecule has 0 radical (unpaired) electrons. The Bertz CT molecular complexity index is 1070. The highest BCUT2D eigenvalue weighted by atomic mass is 16.5. The molecule has 0 bridgehead atoms. The number of aromatic nitrogens is 1. The second-order valence-corrected chi connectivity index (χ2v) is 7.39. The zero-order valence-electron chi connectivity index (χ0n) is 16.9. The molecule has 1 fully saturated rings. The van der Waals surface area contributed by atoms with Crippen LogP contribution in [-0.2, 0) is 11.3 Å². The van der Waals surface area contributed by atoms with E-state index in [-0.39, 0.29) is 24.2 Å². The van der Waals surface area contributed by atoms with Crippen LogP contribution in [0.15, 0.2) is 59.4 Å². The average molecular weight is 407 g/mol. The number of carbonyl (C=O) groups excluding carboxylic acids is 1. The number of hydrogen-bond donors (Lipinski definition) is 2. The Labute approximate surface area is 174 Å². The first kappa shape index (κ1) is 20.0. The minimum Gasteiger partial charge on any atom is -0.497 e. The maximum atomic E-state index is 13.0. The number of hydrogen-bond acceptors (Lipinski definition) is 4. The second kappa shape index (κ2) is 9.00. The van der Waals surface area contributed by atoms with Gasteiger partial charge in [-0.3, -0.25) is 4.79 Å². The highest BCUT2D eigenvalue weighted by Crippen LogP contribution is 2.20. The lowest BCUT2D eigenvalue weighted by Gasteiger charge is -2.25. The normalized spacial score (nSPS) is 15.8. The number of nitrogens with one attached hydrogen (secondary N) is 2. The summed E-state index contributed by atoms with van der Waals surface area (Å²) in [5.41, 5.74) is 1.70. The Morgan fingerprint density at radius 2 is 2.07 bits per heavy atom. The summed E-state index contributed by atoms with van der Waals surface area (Å²) >= 11 is 0. The lowest BCUT2D eigenvalue weighted by atomic mass is 10.1. The van der Waals surface area contributed by atoms with Gasteiger partial charge in [-0.2, -0.15) is 0 Å². The molecule has 2 N–H and O–H groups in total. The minimum atomic E-state index is -0.258. The molecule has 1 saturated heterocycles. The van der Waals surface area contributed by atoms with Crippen molar-refractivity contribution in [1.29, 1.82) is 0 Å². The Kier molecular flexibility index (Phi) is 5.99. The Balaban J connectivity index is 1.59. The summed E-state index contributed by atoms with van der Waals surface area (Å²) in [7, 11) is 1.59. The van der Waals surface area contributed by atoms with Gasteiger partial charge in [-0.25, -0.2) is 4.79 Å². The number of anilines is 1. The molecule has 1 aliphatic heterocycles. The average Bonchev–Trinajstić information content (AvgIpc) is 3.27. The van der Waals surface area contributed by atoms with Crippen molar-refractivity contribution in [2.45, 2.75) is 25.5 Å². The van der Waals surface area contributed by atoms with Crippen LogP contribution in [0.2, 0.25) is 0 Å². The monoisotopic (exact) mass is 407 g/mol. The van der Waals surface area contributed by atoms with E-state index in [4.69, 9.17) is 9.47 Å². The second-order valence-electron chi connectivity index (χ2n) is 7.39. The fourth-order valence-electron chi connectivity index (χ4n) is 3.65. The van der Waals surface area contributed by atoms with Gasteiger partial charge in [0.1, 0.15) is 5.75 Å². The van der Waals surface area contributed by atoms with Gasteiger partial charge >= 0.3 is 6.03 Å². The molecule has 1 aliphatic rings. The number of urea groups is 1. The van der Waals surface area contributed by atoms with E-state index in [1.807, 2.05) is 48.5 Å². The van der Waals surface area contributed by atoms with Crippen molar-refractivity contribution in [2.24, 2.45) is 0 Å². The lowest BCUT2D eigenvalue weighted by molar-refractivity contribution is 0.0818. The first-order valence-corrected chi connectivity index (χ1v) is 10.0. The molecule has 0 spiro atoms. The standard InChI is InChI=1S/C23H25N3O4/c1-29-19-10-9-16-12-17(22(27)25-21(16)13-19)14-26(15-20-8-5-11-30-20)23(28)24-18-6-3-2-4-7-18/h2-4,6-7,9-10,12-13,20H,5,8,11,14-15H2,1H3,(H,24,28)(H,25,27)/t20-/m1/s1. The van der Waals surface area contributed by atoms with E-state index >= 15 is 0 Å². The van der Waals surface area contributed by atoms with Crippen LogP contribution in [0.3, 0.4) is 0 Å². The zero-order chi connectivity index (χ0) is 20.9. The molecule has 1 atom stereocenters. The number of benzene rings is 2. The molecular formula is C23H25N3O4. The third-order valence-electron chi connectivity index (χ3n) is 5.25. The molecule has 7 nitrogen and oxygen atoms in total. The van der Waals surface area contributed by atoms with Gasteiger partial charge in [0.15, 0.2) is 0 Å². The van der Waals surface area contributed by atoms with Crippen LogP contribution in [0.1, 0.15) is 18.4 Å². The zero-order valence-corrected chi connectivity index (χ0v) is 16.9. The summed E-state index contributed by atoms with van der Waals surface area (Å²) in [5, 5.41) is 3.79. The van der Waals surface area contributed by atoms with Crippen molar-refractivity contribution >= 4 is 22.6 Å². The van der Waals surface area contributed by atoms with Gasteiger partial charge in [0.2, 0.25) is 0 Å². The maximum Gasteiger partial charge on any atom is 0.322 e. The van der Waals surface area contributed by atoms with Crippen molar-refractivity contribution in [3.63, 3.8) is 0 Å². The van der Waals surface area contributed by atoms with Crippen LogP contribution in [0.5, 0.6) is 5.75 Å². The molecule has 2 aromatic carbocycles. The SMILES string of the molecule is COc1ccc2cc(CN(C[C@H]3CCCO3)C(=O)Nc3ccccc3)c(=O)[nH]c2c1. The van der Waals surface area contributed by atoms with Crippen LogP contribution in [0.4, 0.5) is 10.5 Å². The summed E-state index contributed by atoms with van der Waals surface area (Å²) in [6.07, 6.45) is 1.87. The van der Waals surface area contributed by atoms with Gasteiger partial charge in [0.05, 0.1) is 25.3 Å². The van der Waals surface area contributed by atoms with Crippen LogP contribution < -0.4 is 15.6 Å². The Hall–Kier alpha value is -3.32. The van der Waals surface area contributed by atoms with Crippen molar-refractivity contribution in [3.8, 4) is 5.75 Å². The van der Waals surface area contributed by atoms with Gasteiger partial charge in [0.25, 0.3) is 5.56 Å². The van der Waals surface area contributed by atoms with E-state index in [2.05, 4.69) is 10.3 Å². The Morgan fingerprint density at radius 1 is 1.23 bits per heavy atom. The lowest BCUT2D eigenvalue weighted by Crippen LogP contribution is -2.40. The van der Waals surface area contributed by atoms with Crippen molar-refractivity contribution in [1.82, 2.24) is 9.88 Å². The van der Waals surface area contributed by atoms with Gasteiger partial charge in [-0.1, -0.05) is 18.2 Å². The molecule has 0 unspecified atom stereocenters. The fourth-order valence-corrected chi connectivity index (χ4v) is 3.65. The molecule has 2 heterocycles. The number of methoxy groups -OCH3 is 1. The van der Waals surface area contributed by atoms with Gasteiger partial charge in [-0.05, 0) is 48.6 Å². The number of H-pyrrole nitrogens is 1. The third kappa shape index (κ3) is 4.63. The number of carbonyl (C=O) groups is 1. The van der Waals surface area contributed by atoms with Crippen molar-refractivity contribution in [3.05, 3.63) is 70.5 Å². The highest BCUT2D eigenvalue weighted by molar-refractivity contribution is 5.89. The van der Waals surface area contributed by atoms with E-state index in [1.54, 1.807) is 18.1 Å².